The van der Waals surface area contributed by atoms with E-state index >= 15 is 0 Å². The van der Waals surface area contributed by atoms with Crippen LogP contribution in [0.2, 0.25) is 0 Å². The molecule has 1 fully saturated rings. The molecule has 0 saturated carbocycles. The molecule has 0 aliphatic carbocycles. The zero-order valence-electron chi connectivity index (χ0n) is 19.7. The van der Waals surface area contributed by atoms with Gasteiger partial charge in [-0.3, -0.25) is 14.5 Å². The Balaban J connectivity index is 1.47. The maximum Gasteiger partial charge on any atom is 0.257 e. The van der Waals surface area contributed by atoms with Crippen LogP contribution in [0.25, 0.3) is 0 Å². The number of hydrazone groups is 1. The summed E-state index contributed by atoms with van der Waals surface area (Å²) in [4.78, 5) is 27.2. The van der Waals surface area contributed by atoms with Crippen molar-refractivity contribution in [3.8, 4) is 5.75 Å². The van der Waals surface area contributed by atoms with Crippen LogP contribution in [0.1, 0.15) is 42.1 Å². The van der Waals surface area contributed by atoms with Crippen molar-refractivity contribution in [3.63, 3.8) is 0 Å². The third-order valence-corrected chi connectivity index (χ3v) is 5.59. The number of ether oxygens (including phenoxy) is 2. The maximum absolute atomic E-state index is 12.9. The second kappa shape index (κ2) is 14.1. The molecule has 0 spiro atoms. The van der Waals surface area contributed by atoms with Crippen LogP contribution < -0.4 is 15.5 Å². The second-order valence-corrected chi connectivity index (χ2v) is 8.02. The van der Waals surface area contributed by atoms with Gasteiger partial charge in [-0.1, -0.05) is 18.2 Å². The number of nitrogens with zero attached hydrogens (tertiary/aromatic N) is 2. The summed E-state index contributed by atoms with van der Waals surface area (Å²) in [6.07, 6.45) is 3.92. The van der Waals surface area contributed by atoms with Crippen LogP contribution in [-0.4, -0.2) is 68.4 Å². The van der Waals surface area contributed by atoms with Crippen LogP contribution in [0.15, 0.2) is 59.7 Å². The Morgan fingerprint density at radius 3 is 2.53 bits per heavy atom. The summed E-state index contributed by atoms with van der Waals surface area (Å²) < 4.78 is 10.9. The molecule has 3 rings (SSSR count). The first-order valence-electron chi connectivity index (χ1n) is 11.9. The van der Waals surface area contributed by atoms with Crippen LogP contribution in [0.3, 0.4) is 0 Å². The monoisotopic (exact) mass is 466 g/mol. The van der Waals surface area contributed by atoms with Gasteiger partial charge in [-0.2, -0.15) is 5.10 Å². The van der Waals surface area contributed by atoms with Gasteiger partial charge in [0.1, 0.15) is 5.75 Å². The van der Waals surface area contributed by atoms with Crippen LogP contribution in [0.4, 0.5) is 0 Å². The molecule has 1 atom stereocenters. The van der Waals surface area contributed by atoms with E-state index in [1.807, 2.05) is 49.4 Å². The molecule has 0 aromatic heterocycles. The number of hydrogen-bond donors (Lipinski definition) is 2. The van der Waals surface area contributed by atoms with Gasteiger partial charge >= 0.3 is 0 Å². The predicted molar refractivity (Wildman–Crippen MR) is 132 cm³/mol. The van der Waals surface area contributed by atoms with Gasteiger partial charge in [-0.05, 0) is 68.1 Å². The Labute approximate surface area is 201 Å². The van der Waals surface area contributed by atoms with Gasteiger partial charge in [0.05, 0.1) is 32.1 Å². The van der Waals surface area contributed by atoms with Gasteiger partial charge in [-0.25, -0.2) is 5.43 Å². The van der Waals surface area contributed by atoms with E-state index < -0.39 is 0 Å². The Morgan fingerprint density at radius 2 is 1.82 bits per heavy atom. The molecule has 0 radical (unpaired) electrons. The fourth-order valence-electron chi connectivity index (χ4n) is 3.79. The van der Waals surface area contributed by atoms with Crippen LogP contribution in [-0.2, 0) is 9.53 Å². The number of amides is 2. The highest BCUT2D eigenvalue weighted by atomic mass is 16.5. The Kier molecular flexibility index (Phi) is 10.5. The number of rotatable bonds is 12. The lowest BCUT2D eigenvalue weighted by atomic mass is 10.1. The molecular formula is C26H34N4O4. The van der Waals surface area contributed by atoms with E-state index in [-0.39, 0.29) is 17.9 Å². The molecule has 1 aliphatic heterocycles. The van der Waals surface area contributed by atoms with E-state index in [0.29, 0.717) is 51.4 Å². The van der Waals surface area contributed by atoms with Gasteiger partial charge in [0.25, 0.3) is 11.8 Å². The quantitative estimate of drug-likeness (QED) is 0.285. The average Bonchev–Trinajstić information content (AvgIpc) is 2.88. The molecular weight excluding hydrogens is 432 g/mol. The third kappa shape index (κ3) is 8.28. The predicted octanol–water partition coefficient (Wildman–Crippen LogP) is 2.84. The molecule has 8 heteroatoms. The maximum atomic E-state index is 12.9. The first kappa shape index (κ1) is 25.4. The van der Waals surface area contributed by atoms with Gasteiger partial charge in [0.2, 0.25) is 0 Å². The van der Waals surface area contributed by atoms with Gasteiger partial charge in [0.15, 0.2) is 0 Å². The number of carbonyl (C=O) groups excluding carboxylic acids is 2. The topological polar surface area (TPSA) is 92.3 Å². The van der Waals surface area contributed by atoms with E-state index in [4.69, 9.17) is 9.47 Å². The summed E-state index contributed by atoms with van der Waals surface area (Å²) in [6, 6.07) is 16.4. The van der Waals surface area contributed by atoms with Crippen molar-refractivity contribution in [1.29, 1.82) is 0 Å². The van der Waals surface area contributed by atoms with Gasteiger partial charge in [-0.15, -0.1) is 0 Å². The van der Waals surface area contributed by atoms with Crippen molar-refractivity contribution in [2.45, 2.75) is 32.2 Å². The van der Waals surface area contributed by atoms with Gasteiger partial charge in [0, 0.05) is 25.2 Å². The van der Waals surface area contributed by atoms with Crippen LogP contribution >= 0.6 is 0 Å². The van der Waals surface area contributed by atoms with Crippen molar-refractivity contribution in [2.75, 3.05) is 39.5 Å². The summed E-state index contributed by atoms with van der Waals surface area (Å²) >= 11 is 0. The first-order valence-corrected chi connectivity index (χ1v) is 11.9. The number of hydrogen-bond acceptors (Lipinski definition) is 6. The highest BCUT2D eigenvalue weighted by Crippen LogP contribution is 2.13. The minimum absolute atomic E-state index is 0.0771. The van der Waals surface area contributed by atoms with Crippen LogP contribution in [0, 0.1) is 0 Å². The average molecular weight is 467 g/mol. The normalized spacial score (nSPS) is 15.1. The van der Waals surface area contributed by atoms with E-state index in [1.54, 1.807) is 18.3 Å². The highest BCUT2D eigenvalue weighted by Gasteiger charge is 2.26. The van der Waals surface area contributed by atoms with E-state index in [2.05, 4.69) is 20.7 Å². The molecule has 34 heavy (non-hydrogen) atoms. The van der Waals surface area contributed by atoms with Gasteiger partial charge < -0.3 is 14.8 Å². The summed E-state index contributed by atoms with van der Waals surface area (Å²) in [6.45, 7) is 5.79. The molecule has 2 N–H and O–H groups in total. The van der Waals surface area contributed by atoms with Crippen molar-refractivity contribution < 1.29 is 19.1 Å². The number of nitrogens with one attached hydrogen (secondary N) is 2. The Hall–Kier alpha value is -3.23. The summed E-state index contributed by atoms with van der Waals surface area (Å²) in [5.74, 6) is 0.597. The standard InChI is InChI=1S/C26H34N4O4/c1-2-34-23-13-11-21(12-14-23)20-28-29-26(32)24(30-16-18-33-19-17-30)10-6-7-15-27-25(31)22-8-4-3-5-9-22/h3-5,8-9,11-14,20,24H,2,6-7,10,15-19H2,1H3,(H,27,31)(H,29,32)/b28-20+. The fraction of sp³-hybridized carbons (Fsp3) is 0.423. The zero-order valence-corrected chi connectivity index (χ0v) is 19.7. The summed E-state index contributed by atoms with van der Waals surface area (Å²) in [5, 5.41) is 7.09. The van der Waals surface area contributed by atoms with Crippen molar-refractivity contribution in [2.24, 2.45) is 5.10 Å². The lowest BCUT2D eigenvalue weighted by Crippen LogP contribution is -2.50. The molecule has 1 unspecified atom stereocenters. The molecule has 2 aromatic rings. The largest absolute Gasteiger partial charge is 0.494 e. The zero-order chi connectivity index (χ0) is 24.0. The molecule has 2 aromatic carbocycles. The van der Waals surface area contributed by atoms with E-state index in [9.17, 15) is 9.59 Å². The van der Waals surface area contributed by atoms with Crippen molar-refractivity contribution in [3.05, 3.63) is 65.7 Å². The van der Waals surface area contributed by atoms with E-state index in [1.165, 1.54) is 0 Å². The minimum Gasteiger partial charge on any atom is -0.494 e. The molecule has 1 saturated heterocycles. The van der Waals surface area contributed by atoms with Crippen molar-refractivity contribution >= 4 is 18.0 Å². The van der Waals surface area contributed by atoms with Crippen molar-refractivity contribution in [1.82, 2.24) is 15.6 Å². The lowest BCUT2D eigenvalue weighted by molar-refractivity contribution is -0.128. The number of unbranched alkanes of at least 4 members (excludes halogenated alkanes) is 1. The molecule has 8 nitrogen and oxygen atoms in total. The lowest BCUT2D eigenvalue weighted by Gasteiger charge is -2.33. The molecule has 0 bridgehead atoms. The SMILES string of the molecule is CCOc1ccc(/C=N/NC(=O)C(CCCCNC(=O)c2ccccc2)N2CCOCC2)cc1. The fourth-order valence-corrected chi connectivity index (χ4v) is 3.79. The number of benzene rings is 2. The summed E-state index contributed by atoms with van der Waals surface area (Å²) in [7, 11) is 0. The smallest absolute Gasteiger partial charge is 0.257 e. The Morgan fingerprint density at radius 1 is 1.09 bits per heavy atom. The summed E-state index contributed by atoms with van der Waals surface area (Å²) in [5.41, 5.74) is 4.22. The highest BCUT2D eigenvalue weighted by molar-refractivity contribution is 5.94. The first-order chi connectivity index (χ1) is 16.7. The van der Waals surface area contributed by atoms with Crippen LogP contribution in [0.5, 0.6) is 5.75 Å². The molecule has 2 amide bonds. The third-order valence-electron chi connectivity index (χ3n) is 5.59. The van der Waals surface area contributed by atoms with E-state index in [0.717, 1.165) is 24.2 Å². The number of carbonyl (C=O) groups is 2. The Bertz CT molecular complexity index is 912. The minimum atomic E-state index is -0.286. The molecule has 182 valence electrons. The molecule has 1 aliphatic rings. The number of morpholine rings is 1. The second-order valence-electron chi connectivity index (χ2n) is 8.02. The molecule has 1 heterocycles.